The third kappa shape index (κ3) is 2.47. The lowest BCUT2D eigenvalue weighted by molar-refractivity contribution is 0.579. The van der Waals surface area contributed by atoms with E-state index in [9.17, 15) is 4.39 Å². The third-order valence-electron chi connectivity index (χ3n) is 3.43. The molecule has 0 saturated heterocycles. The van der Waals surface area contributed by atoms with Crippen molar-refractivity contribution in [3.05, 3.63) is 59.4 Å². The molecule has 3 rings (SSSR count). The van der Waals surface area contributed by atoms with Crippen LogP contribution < -0.4 is 5.73 Å². The van der Waals surface area contributed by atoms with E-state index in [-0.39, 0.29) is 12.4 Å². The van der Waals surface area contributed by atoms with E-state index in [0.717, 1.165) is 11.1 Å². The molecule has 0 aliphatic rings. The summed E-state index contributed by atoms with van der Waals surface area (Å²) in [5.74, 6) is 0.298. The second-order valence-corrected chi connectivity index (χ2v) is 4.77. The average molecular weight is 283 g/mol. The van der Waals surface area contributed by atoms with Crippen molar-refractivity contribution in [1.29, 1.82) is 0 Å². The Labute approximate surface area is 121 Å². The van der Waals surface area contributed by atoms with Crippen LogP contribution in [0, 0.1) is 12.7 Å². The van der Waals surface area contributed by atoms with Gasteiger partial charge in [0.1, 0.15) is 5.82 Å². The molecule has 0 amide bonds. The van der Waals surface area contributed by atoms with Gasteiger partial charge in [0, 0.05) is 16.8 Å². The zero-order valence-electron chi connectivity index (χ0n) is 11.5. The first kappa shape index (κ1) is 13.2. The van der Waals surface area contributed by atoms with Crippen LogP contribution in [0.25, 0.3) is 11.4 Å². The summed E-state index contributed by atoms with van der Waals surface area (Å²) in [5.41, 5.74) is 8.87. The number of hydrogen-bond donors (Lipinski definition) is 1. The standard InChI is InChI=1S/C15H14FN5/c1-10-12(6-4-8-14(10)17)15-18-19-20-21(15)9-11-5-2-3-7-13(11)16/h2-8H,9,17H2,1H3. The van der Waals surface area contributed by atoms with Crippen molar-refractivity contribution in [2.75, 3.05) is 5.73 Å². The number of halogens is 1. The number of nitrogen functional groups attached to an aromatic ring is 1. The van der Waals surface area contributed by atoms with Gasteiger partial charge in [-0.15, -0.1) is 5.10 Å². The molecule has 2 aromatic carbocycles. The molecule has 3 aromatic rings. The van der Waals surface area contributed by atoms with Crippen molar-refractivity contribution in [2.24, 2.45) is 0 Å². The minimum Gasteiger partial charge on any atom is -0.398 e. The molecule has 0 saturated carbocycles. The van der Waals surface area contributed by atoms with Crippen molar-refractivity contribution in [2.45, 2.75) is 13.5 Å². The predicted octanol–water partition coefficient (Wildman–Crippen LogP) is 2.42. The molecule has 0 aliphatic heterocycles. The number of anilines is 1. The van der Waals surface area contributed by atoms with Crippen LogP contribution in [0.4, 0.5) is 10.1 Å². The van der Waals surface area contributed by atoms with Crippen LogP contribution in [0.3, 0.4) is 0 Å². The number of nitrogens with two attached hydrogens (primary N) is 1. The van der Waals surface area contributed by atoms with Gasteiger partial charge in [0.15, 0.2) is 5.82 Å². The normalized spacial score (nSPS) is 10.8. The fraction of sp³-hybridized carbons (Fsp3) is 0.133. The summed E-state index contributed by atoms with van der Waals surface area (Å²) >= 11 is 0. The summed E-state index contributed by atoms with van der Waals surface area (Å²) in [6.07, 6.45) is 0. The smallest absolute Gasteiger partial charge is 0.182 e. The van der Waals surface area contributed by atoms with E-state index in [0.29, 0.717) is 17.1 Å². The third-order valence-corrected chi connectivity index (χ3v) is 3.43. The fourth-order valence-corrected chi connectivity index (χ4v) is 2.19. The Kier molecular flexibility index (Phi) is 3.35. The van der Waals surface area contributed by atoms with Crippen LogP contribution in [-0.2, 0) is 6.54 Å². The minimum absolute atomic E-state index is 0.267. The Bertz CT molecular complexity index is 781. The molecule has 0 bridgehead atoms. The highest BCUT2D eigenvalue weighted by atomic mass is 19.1. The Morgan fingerprint density at radius 2 is 1.95 bits per heavy atom. The molecule has 2 N–H and O–H groups in total. The highest BCUT2D eigenvalue weighted by Gasteiger charge is 2.14. The number of rotatable bonds is 3. The molecule has 21 heavy (non-hydrogen) atoms. The lowest BCUT2D eigenvalue weighted by Gasteiger charge is -2.09. The van der Waals surface area contributed by atoms with Gasteiger partial charge in [-0.1, -0.05) is 30.3 Å². The largest absolute Gasteiger partial charge is 0.398 e. The molecule has 0 radical (unpaired) electrons. The Hall–Kier alpha value is -2.76. The Morgan fingerprint density at radius 3 is 2.76 bits per heavy atom. The van der Waals surface area contributed by atoms with Gasteiger partial charge in [-0.25, -0.2) is 9.07 Å². The molecule has 1 aromatic heterocycles. The molecular formula is C15H14FN5. The molecule has 0 atom stereocenters. The number of benzene rings is 2. The molecule has 6 heteroatoms. The lowest BCUT2D eigenvalue weighted by Crippen LogP contribution is -2.07. The fourth-order valence-electron chi connectivity index (χ4n) is 2.19. The van der Waals surface area contributed by atoms with Gasteiger partial charge in [-0.3, -0.25) is 0 Å². The second kappa shape index (κ2) is 5.32. The molecule has 0 spiro atoms. The zero-order valence-corrected chi connectivity index (χ0v) is 11.5. The van der Waals surface area contributed by atoms with Gasteiger partial charge in [-0.2, -0.15) is 0 Å². The molecule has 0 fully saturated rings. The van der Waals surface area contributed by atoms with E-state index < -0.39 is 0 Å². The molecule has 0 aliphatic carbocycles. The van der Waals surface area contributed by atoms with Crippen molar-refractivity contribution in [1.82, 2.24) is 20.2 Å². The molecular weight excluding hydrogens is 269 g/mol. The maximum atomic E-state index is 13.8. The topological polar surface area (TPSA) is 69.6 Å². The first-order chi connectivity index (χ1) is 10.2. The summed E-state index contributed by atoms with van der Waals surface area (Å²) in [4.78, 5) is 0. The lowest BCUT2D eigenvalue weighted by atomic mass is 10.1. The molecule has 1 heterocycles. The van der Waals surface area contributed by atoms with Crippen molar-refractivity contribution < 1.29 is 4.39 Å². The minimum atomic E-state index is -0.275. The van der Waals surface area contributed by atoms with E-state index >= 15 is 0 Å². The summed E-state index contributed by atoms with van der Waals surface area (Å²) in [5, 5.41) is 11.7. The maximum absolute atomic E-state index is 13.8. The number of tetrazole rings is 1. The highest BCUT2D eigenvalue weighted by Crippen LogP contribution is 2.25. The molecule has 106 valence electrons. The van der Waals surface area contributed by atoms with Crippen molar-refractivity contribution in [3.63, 3.8) is 0 Å². The predicted molar refractivity (Wildman–Crippen MR) is 77.9 cm³/mol. The quantitative estimate of drug-likeness (QED) is 0.749. The maximum Gasteiger partial charge on any atom is 0.182 e. The SMILES string of the molecule is Cc1c(N)cccc1-c1nnnn1Cc1ccccc1F. The van der Waals surface area contributed by atoms with Crippen LogP contribution in [-0.4, -0.2) is 20.2 Å². The second-order valence-electron chi connectivity index (χ2n) is 4.77. The van der Waals surface area contributed by atoms with Crippen LogP contribution in [0.15, 0.2) is 42.5 Å². The molecule has 0 unspecified atom stereocenters. The van der Waals surface area contributed by atoms with Crippen LogP contribution >= 0.6 is 0 Å². The van der Waals surface area contributed by atoms with Gasteiger partial charge in [-0.05, 0) is 35.0 Å². The van der Waals surface area contributed by atoms with Crippen molar-refractivity contribution in [3.8, 4) is 11.4 Å². The monoisotopic (exact) mass is 283 g/mol. The van der Waals surface area contributed by atoms with Crippen molar-refractivity contribution >= 4 is 5.69 Å². The van der Waals surface area contributed by atoms with Gasteiger partial charge in [0.25, 0.3) is 0 Å². The Balaban J connectivity index is 2.02. The van der Waals surface area contributed by atoms with E-state index in [1.165, 1.54) is 6.07 Å². The van der Waals surface area contributed by atoms with Crippen LogP contribution in [0.1, 0.15) is 11.1 Å². The number of hydrogen-bond acceptors (Lipinski definition) is 4. The average Bonchev–Trinajstić information content (AvgIpc) is 2.92. The van der Waals surface area contributed by atoms with Gasteiger partial charge in [0.05, 0.1) is 6.54 Å². The summed E-state index contributed by atoms with van der Waals surface area (Å²) in [7, 11) is 0. The molecule has 5 nitrogen and oxygen atoms in total. The van der Waals surface area contributed by atoms with E-state index in [4.69, 9.17) is 5.73 Å². The summed E-state index contributed by atoms with van der Waals surface area (Å²) < 4.78 is 15.3. The number of aromatic nitrogens is 4. The van der Waals surface area contributed by atoms with Crippen LogP contribution in [0.5, 0.6) is 0 Å². The van der Waals surface area contributed by atoms with E-state index in [2.05, 4.69) is 15.5 Å². The number of nitrogens with zero attached hydrogens (tertiary/aromatic N) is 4. The first-order valence-corrected chi connectivity index (χ1v) is 6.52. The summed E-state index contributed by atoms with van der Waals surface area (Å²) in [6.45, 7) is 2.18. The first-order valence-electron chi connectivity index (χ1n) is 6.52. The van der Waals surface area contributed by atoms with Gasteiger partial charge in [0.2, 0.25) is 0 Å². The van der Waals surface area contributed by atoms with E-state index in [1.807, 2.05) is 25.1 Å². The Morgan fingerprint density at radius 1 is 1.14 bits per heavy atom. The van der Waals surface area contributed by atoms with E-state index in [1.54, 1.807) is 22.9 Å². The zero-order chi connectivity index (χ0) is 14.8. The van der Waals surface area contributed by atoms with Gasteiger partial charge < -0.3 is 5.73 Å². The van der Waals surface area contributed by atoms with Crippen LogP contribution in [0.2, 0.25) is 0 Å². The van der Waals surface area contributed by atoms with Gasteiger partial charge >= 0.3 is 0 Å². The summed E-state index contributed by atoms with van der Waals surface area (Å²) in [6, 6.07) is 12.1. The highest BCUT2D eigenvalue weighted by molar-refractivity contribution is 5.67.